The van der Waals surface area contributed by atoms with Crippen molar-refractivity contribution >= 4 is 17.4 Å². The third-order valence-electron chi connectivity index (χ3n) is 4.04. The highest BCUT2D eigenvalue weighted by molar-refractivity contribution is 5.98. The minimum absolute atomic E-state index is 0.0783. The molecule has 8 nitrogen and oxygen atoms in total. The molecular formula is C13H19N5O3. The fourth-order valence-electron chi connectivity index (χ4n) is 2.63. The van der Waals surface area contributed by atoms with Gasteiger partial charge in [-0.15, -0.1) is 0 Å². The molecule has 2 heterocycles. The van der Waals surface area contributed by atoms with Crippen LogP contribution in [0, 0.1) is 22.0 Å². The van der Waals surface area contributed by atoms with E-state index in [1.165, 1.54) is 6.07 Å². The first-order valence-electron chi connectivity index (χ1n) is 6.83. The van der Waals surface area contributed by atoms with E-state index in [1.54, 1.807) is 0 Å². The highest BCUT2D eigenvalue weighted by Crippen LogP contribution is 2.29. The number of anilines is 1. The highest BCUT2D eigenvalue weighted by atomic mass is 16.6. The Balaban J connectivity index is 2.35. The molecule has 4 N–H and O–H groups in total. The van der Waals surface area contributed by atoms with E-state index in [9.17, 15) is 14.9 Å². The summed E-state index contributed by atoms with van der Waals surface area (Å²) in [6.45, 7) is 4.09. The van der Waals surface area contributed by atoms with Crippen LogP contribution in [0.3, 0.4) is 0 Å². The molecule has 0 aromatic carbocycles. The van der Waals surface area contributed by atoms with Crippen LogP contribution in [0.15, 0.2) is 12.3 Å². The average molecular weight is 293 g/mol. The summed E-state index contributed by atoms with van der Waals surface area (Å²) in [5.74, 6) is 0.486. The topological polar surface area (TPSA) is 128 Å². The van der Waals surface area contributed by atoms with E-state index in [1.807, 2.05) is 4.90 Å². The van der Waals surface area contributed by atoms with Crippen molar-refractivity contribution in [1.29, 1.82) is 0 Å². The van der Waals surface area contributed by atoms with Gasteiger partial charge in [0.1, 0.15) is 12.0 Å². The van der Waals surface area contributed by atoms with Gasteiger partial charge in [0.25, 0.3) is 11.6 Å². The van der Waals surface area contributed by atoms with Crippen molar-refractivity contribution in [3.8, 4) is 0 Å². The van der Waals surface area contributed by atoms with Gasteiger partial charge in [0.2, 0.25) is 0 Å². The van der Waals surface area contributed by atoms with Crippen LogP contribution in [0.5, 0.6) is 0 Å². The van der Waals surface area contributed by atoms with Gasteiger partial charge in [-0.2, -0.15) is 0 Å². The van der Waals surface area contributed by atoms with Crippen molar-refractivity contribution in [2.24, 2.45) is 23.3 Å². The Kier molecular flexibility index (Phi) is 4.37. The maximum absolute atomic E-state index is 11.6. The normalized spacial score (nSPS) is 22.1. The first kappa shape index (κ1) is 15.2. The average Bonchev–Trinajstić information content (AvgIpc) is 2.47. The largest absolute Gasteiger partial charge is 0.365 e. The Labute approximate surface area is 122 Å². The number of pyridine rings is 1. The second-order valence-corrected chi connectivity index (χ2v) is 5.39. The number of hydrogen-bond donors (Lipinski definition) is 2. The Bertz CT molecular complexity index is 563. The summed E-state index contributed by atoms with van der Waals surface area (Å²) < 4.78 is 0. The van der Waals surface area contributed by atoms with Crippen LogP contribution >= 0.6 is 0 Å². The Morgan fingerprint density at radius 2 is 2.33 bits per heavy atom. The van der Waals surface area contributed by atoms with E-state index in [-0.39, 0.29) is 11.3 Å². The fraction of sp³-hybridized carbons (Fsp3) is 0.538. The van der Waals surface area contributed by atoms with Gasteiger partial charge in [-0.1, -0.05) is 6.92 Å². The monoisotopic (exact) mass is 293 g/mol. The zero-order chi connectivity index (χ0) is 15.6. The zero-order valence-electron chi connectivity index (χ0n) is 11.9. The lowest BCUT2D eigenvalue weighted by Crippen LogP contribution is -2.43. The number of nitrogens with two attached hydrogens (primary N) is 2. The number of nitrogens with zero attached hydrogens (tertiary/aromatic N) is 3. The Hall–Kier alpha value is -2.22. The van der Waals surface area contributed by atoms with Crippen molar-refractivity contribution in [3.05, 3.63) is 27.9 Å². The summed E-state index contributed by atoms with van der Waals surface area (Å²) in [6, 6.07) is 1.18. The van der Waals surface area contributed by atoms with E-state index >= 15 is 0 Å². The number of aromatic nitrogens is 1. The van der Waals surface area contributed by atoms with Gasteiger partial charge in [-0.3, -0.25) is 14.9 Å². The third-order valence-corrected chi connectivity index (χ3v) is 4.04. The minimum Gasteiger partial charge on any atom is -0.365 e. The minimum atomic E-state index is -0.718. The summed E-state index contributed by atoms with van der Waals surface area (Å²) in [7, 11) is 0. The van der Waals surface area contributed by atoms with Crippen LogP contribution in [0.25, 0.3) is 0 Å². The quantitative estimate of drug-likeness (QED) is 0.614. The van der Waals surface area contributed by atoms with E-state index < -0.39 is 10.8 Å². The van der Waals surface area contributed by atoms with Crippen LogP contribution in [-0.4, -0.2) is 35.4 Å². The molecule has 114 valence electrons. The predicted octanol–water partition coefficient (Wildman–Crippen LogP) is 0.510. The molecule has 0 spiro atoms. The molecule has 1 amide bonds. The first-order valence-corrected chi connectivity index (χ1v) is 6.83. The maximum atomic E-state index is 11.6. The molecule has 1 fully saturated rings. The van der Waals surface area contributed by atoms with Crippen molar-refractivity contribution in [2.75, 3.05) is 24.5 Å². The van der Waals surface area contributed by atoms with E-state index in [2.05, 4.69) is 11.9 Å². The summed E-state index contributed by atoms with van der Waals surface area (Å²) >= 11 is 0. The number of amides is 1. The van der Waals surface area contributed by atoms with Gasteiger partial charge in [-0.25, -0.2) is 4.98 Å². The van der Waals surface area contributed by atoms with E-state index in [0.29, 0.717) is 30.7 Å². The van der Waals surface area contributed by atoms with Gasteiger partial charge in [0.15, 0.2) is 0 Å². The third kappa shape index (κ3) is 3.10. The summed E-state index contributed by atoms with van der Waals surface area (Å²) in [4.78, 5) is 27.8. The summed E-state index contributed by atoms with van der Waals surface area (Å²) in [5, 5.41) is 10.8. The maximum Gasteiger partial charge on any atom is 0.288 e. The molecular weight excluding hydrogens is 274 g/mol. The summed E-state index contributed by atoms with van der Waals surface area (Å²) in [6.07, 6.45) is 2.08. The highest BCUT2D eigenvalue weighted by Gasteiger charge is 2.28. The van der Waals surface area contributed by atoms with Gasteiger partial charge in [-0.05, 0) is 24.8 Å². The van der Waals surface area contributed by atoms with Crippen LogP contribution in [0.1, 0.15) is 23.7 Å². The van der Waals surface area contributed by atoms with Gasteiger partial charge in [0.05, 0.1) is 10.5 Å². The number of primary amides is 1. The number of carbonyl (C=O) groups is 1. The molecule has 2 rings (SSSR count). The van der Waals surface area contributed by atoms with Crippen molar-refractivity contribution < 1.29 is 9.72 Å². The second-order valence-electron chi connectivity index (χ2n) is 5.39. The van der Waals surface area contributed by atoms with Crippen molar-refractivity contribution in [2.45, 2.75) is 13.3 Å². The standard InChI is InChI=1S/C13H19N5O3/c1-8-2-3-17(7-9(8)5-14)13-11(12(15)19)4-10(6-16-13)18(20)21/h4,6,8-9H,2-3,5,7,14H2,1H3,(H2,15,19). The first-order chi connectivity index (χ1) is 9.93. The van der Waals surface area contributed by atoms with Gasteiger partial charge >= 0.3 is 0 Å². The van der Waals surface area contributed by atoms with Crippen LogP contribution < -0.4 is 16.4 Å². The summed E-state index contributed by atoms with van der Waals surface area (Å²) in [5.41, 5.74) is 10.9. The number of rotatable bonds is 4. The van der Waals surface area contributed by atoms with E-state index in [0.717, 1.165) is 19.2 Å². The molecule has 1 aliphatic rings. The molecule has 1 aromatic rings. The lowest BCUT2D eigenvalue weighted by atomic mass is 9.87. The molecule has 21 heavy (non-hydrogen) atoms. The second kappa shape index (κ2) is 6.04. The lowest BCUT2D eigenvalue weighted by molar-refractivity contribution is -0.385. The number of piperidine rings is 1. The zero-order valence-corrected chi connectivity index (χ0v) is 11.9. The molecule has 2 atom stereocenters. The molecule has 0 bridgehead atoms. The van der Waals surface area contributed by atoms with Gasteiger partial charge < -0.3 is 16.4 Å². The van der Waals surface area contributed by atoms with Crippen LogP contribution in [-0.2, 0) is 0 Å². The number of nitro groups is 1. The molecule has 0 aliphatic carbocycles. The molecule has 0 radical (unpaired) electrons. The SMILES string of the molecule is CC1CCN(c2ncc([N+](=O)[O-])cc2C(N)=O)CC1CN. The molecule has 1 aromatic heterocycles. The fourth-order valence-corrected chi connectivity index (χ4v) is 2.63. The van der Waals surface area contributed by atoms with Crippen LogP contribution in [0.2, 0.25) is 0 Å². The van der Waals surface area contributed by atoms with E-state index in [4.69, 9.17) is 11.5 Å². The Morgan fingerprint density at radius 3 is 2.90 bits per heavy atom. The lowest BCUT2D eigenvalue weighted by Gasteiger charge is -2.37. The molecule has 0 saturated carbocycles. The molecule has 8 heteroatoms. The smallest absolute Gasteiger partial charge is 0.288 e. The van der Waals surface area contributed by atoms with Crippen molar-refractivity contribution in [3.63, 3.8) is 0 Å². The molecule has 1 saturated heterocycles. The number of hydrogen-bond acceptors (Lipinski definition) is 6. The van der Waals surface area contributed by atoms with Crippen LogP contribution in [0.4, 0.5) is 11.5 Å². The van der Waals surface area contributed by atoms with Crippen molar-refractivity contribution in [1.82, 2.24) is 4.98 Å². The molecule has 2 unspecified atom stereocenters. The number of carbonyl (C=O) groups excluding carboxylic acids is 1. The molecule has 1 aliphatic heterocycles. The predicted molar refractivity (Wildman–Crippen MR) is 77.9 cm³/mol. The van der Waals surface area contributed by atoms with Gasteiger partial charge in [0, 0.05) is 19.2 Å². The Morgan fingerprint density at radius 1 is 1.62 bits per heavy atom.